The topological polar surface area (TPSA) is 51.5 Å². The first kappa shape index (κ1) is 10.5. The van der Waals surface area contributed by atoms with Crippen LogP contribution in [0.25, 0.3) is 10.9 Å². The number of nitrogens with zero attached hydrogens (tertiary/aromatic N) is 1. The predicted molar refractivity (Wildman–Crippen MR) is 56.4 cm³/mol. The zero-order chi connectivity index (χ0) is 11.9. The lowest BCUT2D eigenvalue weighted by Crippen LogP contribution is -2.05. The number of carboxylic acids is 1. The number of aryl methyl sites for hydroxylation is 1. The van der Waals surface area contributed by atoms with Crippen LogP contribution >= 0.6 is 0 Å². The third-order valence-electron chi connectivity index (χ3n) is 2.55. The van der Waals surface area contributed by atoms with E-state index in [4.69, 9.17) is 9.84 Å². The van der Waals surface area contributed by atoms with Crippen molar-refractivity contribution >= 4 is 16.9 Å². The molecule has 84 valence electrons. The number of aromatic carboxylic acids is 1. The van der Waals surface area contributed by atoms with Crippen LogP contribution in [0.1, 0.15) is 10.5 Å². The van der Waals surface area contributed by atoms with Gasteiger partial charge in [-0.1, -0.05) is 0 Å². The van der Waals surface area contributed by atoms with E-state index >= 15 is 0 Å². The quantitative estimate of drug-likeness (QED) is 0.847. The van der Waals surface area contributed by atoms with Crippen molar-refractivity contribution < 1.29 is 19.0 Å². The summed E-state index contributed by atoms with van der Waals surface area (Å²) in [4.78, 5) is 10.9. The lowest BCUT2D eigenvalue weighted by molar-refractivity contribution is 0.0682. The van der Waals surface area contributed by atoms with Crippen molar-refractivity contribution in [1.82, 2.24) is 4.57 Å². The Morgan fingerprint density at radius 3 is 2.75 bits per heavy atom. The van der Waals surface area contributed by atoms with Crippen LogP contribution in [0.4, 0.5) is 4.39 Å². The van der Waals surface area contributed by atoms with E-state index in [9.17, 15) is 9.18 Å². The molecule has 1 N–H and O–H groups in total. The van der Waals surface area contributed by atoms with Crippen LogP contribution in [0.5, 0.6) is 5.75 Å². The molecule has 0 saturated heterocycles. The van der Waals surface area contributed by atoms with Gasteiger partial charge in [-0.3, -0.25) is 0 Å². The molecule has 0 bridgehead atoms. The molecule has 2 aromatic rings. The number of halogens is 1. The van der Waals surface area contributed by atoms with E-state index < -0.39 is 11.8 Å². The third kappa shape index (κ3) is 1.32. The van der Waals surface area contributed by atoms with Gasteiger partial charge < -0.3 is 14.4 Å². The number of hydrogen-bond donors (Lipinski definition) is 1. The summed E-state index contributed by atoms with van der Waals surface area (Å²) in [6.45, 7) is 0. The number of aromatic nitrogens is 1. The molecule has 4 nitrogen and oxygen atoms in total. The summed E-state index contributed by atoms with van der Waals surface area (Å²) in [5, 5.41) is 9.13. The van der Waals surface area contributed by atoms with E-state index in [-0.39, 0.29) is 11.1 Å². The highest BCUT2D eigenvalue weighted by Gasteiger charge is 2.20. The van der Waals surface area contributed by atoms with Gasteiger partial charge in [-0.2, -0.15) is 0 Å². The minimum Gasteiger partial charge on any atom is -0.497 e. The molecule has 0 radical (unpaired) electrons. The fourth-order valence-electron chi connectivity index (χ4n) is 1.74. The first-order chi connectivity index (χ1) is 7.56. The van der Waals surface area contributed by atoms with Crippen molar-refractivity contribution in [3.63, 3.8) is 0 Å². The minimum atomic E-state index is -1.28. The molecule has 0 aliphatic heterocycles. The molecule has 0 aliphatic carbocycles. The normalized spacial score (nSPS) is 10.7. The summed E-state index contributed by atoms with van der Waals surface area (Å²) < 4.78 is 20.1. The second-order valence-electron chi connectivity index (χ2n) is 3.41. The summed E-state index contributed by atoms with van der Waals surface area (Å²) >= 11 is 0. The fraction of sp³-hybridized carbons (Fsp3) is 0.182. The zero-order valence-electron chi connectivity index (χ0n) is 8.82. The smallest absolute Gasteiger partial charge is 0.355 e. The Hall–Kier alpha value is -2.04. The standard InChI is InChI=1S/C11H10FNO3/c1-13-8-4-3-6(16-2)5-7(8)9(12)10(13)11(14)15/h3-5H,1-2H3,(H,14,15). The van der Waals surface area contributed by atoms with Crippen molar-refractivity contribution in [2.24, 2.45) is 7.05 Å². The molecule has 0 unspecified atom stereocenters. The summed E-state index contributed by atoms with van der Waals surface area (Å²) in [6, 6.07) is 4.77. The zero-order valence-corrected chi connectivity index (χ0v) is 8.82. The van der Waals surface area contributed by atoms with Crippen molar-refractivity contribution in [3.8, 4) is 5.75 Å². The van der Waals surface area contributed by atoms with Crippen molar-refractivity contribution in [2.45, 2.75) is 0 Å². The van der Waals surface area contributed by atoms with E-state index in [1.807, 2.05) is 0 Å². The number of carbonyl (C=O) groups is 1. The van der Waals surface area contributed by atoms with Gasteiger partial charge in [0.15, 0.2) is 11.5 Å². The Bertz CT molecular complexity index is 574. The van der Waals surface area contributed by atoms with Crippen LogP contribution in [0.15, 0.2) is 18.2 Å². The largest absolute Gasteiger partial charge is 0.497 e. The highest BCUT2D eigenvalue weighted by atomic mass is 19.1. The lowest BCUT2D eigenvalue weighted by atomic mass is 10.2. The Balaban J connectivity index is 2.83. The lowest BCUT2D eigenvalue weighted by Gasteiger charge is -2.00. The predicted octanol–water partition coefficient (Wildman–Crippen LogP) is 2.02. The molecule has 0 amide bonds. The van der Waals surface area contributed by atoms with Crippen LogP contribution in [0.2, 0.25) is 0 Å². The van der Waals surface area contributed by atoms with E-state index in [1.54, 1.807) is 12.1 Å². The molecular formula is C11H10FNO3. The van der Waals surface area contributed by atoms with Crippen molar-refractivity contribution in [2.75, 3.05) is 7.11 Å². The van der Waals surface area contributed by atoms with Gasteiger partial charge in [0.2, 0.25) is 0 Å². The first-order valence-corrected chi connectivity index (χ1v) is 4.61. The van der Waals surface area contributed by atoms with E-state index in [2.05, 4.69) is 0 Å². The highest BCUT2D eigenvalue weighted by molar-refractivity contribution is 5.95. The van der Waals surface area contributed by atoms with E-state index in [1.165, 1.54) is 24.8 Å². The van der Waals surface area contributed by atoms with Crippen molar-refractivity contribution in [1.29, 1.82) is 0 Å². The number of methoxy groups -OCH3 is 1. The monoisotopic (exact) mass is 223 g/mol. The molecule has 0 aliphatic rings. The number of hydrogen-bond acceptors (Lipinski definition) is 2. The van der Waals surface area contributed by atoms with Gasteiger partial charge >= 0.3 is 5.97 Å². The molecular weight excluding hydrogens is 213 g/mol. The Kier molecular flexibility index (Phi) is 2.30. The van der Waals surface area contributed by atoms with Gasteiger partial charge in [0.05, 0.1) is 12.6 Å². The molecule has 0 spiro atoms. The summed E-state index contributed by atoms with van der Waals surface area (Å²) in [5.74, 6) is -1.52. The second kappa shape index (κ2) is 3.52. The molecule has 1 heterocycles. The molecule has 2 rings (SSSR count). The van der Waals surface area contributed by atoms with Crippen LogP contribution in [-0.4, -0.2) is 22.8 Å². The Morgan fingerprint density at radius 2 is 2.19 bits per heavy atom. The van der Waals surface area contributed by atoms with Gasteiger partial charge in [0.25, 0.3) is 0 Å². The van der Waals surface area contributed by atoms with Gasteiger partial charge in [0, 0.05) is 12.4 Å². The maximum absolute atomic E-state index is 13.8. The number of rotatable bonds is 2. The van der Waals surface area contributed by atoms with E-state index in [0.717, 1.165) is 0 Å². The average molecular weight is 223 g/mol. The van der Waals surface area contributed by atoms with Crippen LogP contribution in [0, 0.1) is 5.82 Å². The third-order valence-corrected chi connectivity index (χ3v) is 2.55. The van der Waals surface area contributed by atoms with Gasteiger partial charge in [-0.15, -0.1) is 0 Å². The molecule has 0 atom stereocenters. The molecule has 0 saturated carbocycles. The maximum Gasteiger partial charge on any atom is 0.355 e. The Labute approximate surface area is 90.9 Å². The van der Waals surface area contributed by atoms with Crippen molar-refractivity contribution in [3.05, 3.63) is 29.7 Å². The minimum absolute atomic E-state index is 0.249. The van der Waals surface area contributed by atoms with Gasteiger partial charge in [-0.05, 0) is 18.2 Å². The van der Waals surface area contributed by atoms with Gasteiger partial charge in [-0.25, -0.2) is 9.18 Å². The number of fused-ring (bicyclic) bond motifs is 1. The van der Waals surface area contributed by atoms with Gasteiger partial charge in [0.1, 0.15) is 5.75 Å². The second-order valence-corrected chi connectivity index (χ2v) is 3.41. The van der Waals surface area contributed by atoms with E-state index in [0.29, 0.717) is 11.3 Å². The molecule has 1 aromatic heterocycles. The van der Waals surface area contributed by atoms with Crippen LogP contribution < -0.4 is 4.74 Å². The first-order valence-electron chi connectivity index (χ1n) is 4.61. The SMILES string of the molecule is COc1ccc2c(c1)c(F)c(C(=O)O)n2C. The van der Waals surface area contributed by atoms with Crippen LogP contribution in [-0.2, 0) is 7.05 Å². The average Bonchev–Trinajstić information content (AvgIpc) is 2.51. The molecule has 5 heteroatoms. The Morgan fingerprint density at radius 1 is 1.50 bits per heavy atom. The summed E-state index contributed by atoms with van der Waals surface area (Å²) in [5.41, 5.74) is 0.180. The summed E-state index contributed by atoms with van der Waals surface area (Å²) in [7, 11) is 2.99. The highest BCUT2D eigenvalue weighted by Crippen LogP contribution is 2.27. The number of benzene rings is 1. The maximum atomic E-state index is 13.8. The fourth-order valence-corrected chi connectivity index (χ4v) is 1.74. The number of ether oxygens (including phenoxy) is 1. The summed E-state index contributed by atoms with van der Waals surface area (Å²) in [6.07, 6.45) is 0. The number of carboxylic acid groups (broad SMARTS) is 1. The molecule has 1 aromatic carbocycles. The molecule has 0 fully saturated rings. The molecule has 16 heavy (non-hydrogen) atoms. The van der Waals surface area contributed by atoms with Crippen LogP contribution in [0.3, 0.4) is 0 Å².